The van der Waals surface area contributed by atoms with E-state index in [1.165, 1.54) is 11.3 Å². The molecule has 0 radical (unpaired) electrons. The van der Waals surface area contributed by atoms with Crippen LogP contribution in [0.5, 0.6) is 0 Å². The minimum absolute atomic E-state index is 0.0198. The Balaban J connectivity index is 1.65. The molecule has 3 rings (SSSR count). The van der Waals surface area contributed by atoms with Gasteiger partial charge in [-0.25, -0.2) is 4.79 Å². The largest absolute Gasteiger partial charge is 0.446 e. The van der Waals surface area contributed by atoms with Crippen molar-refractivity contribution in [1.82, 2.24) is 5.32 Å². The molecule has 1 aromatic carbocycles. The lowest BCUT2D eigenvalue weighted by Crippen LogP contribution is -2.34. The van der Waals surface area contributed by atoms with Gasteiger partial charge in [-0.1, -0.05) is 30.3 Å². The molecule has 1 amide bonds. The van der Waals surface area contributed by atoms with Crippen LogP contribution in [0.1, 0.15) is 12.8 Å². The molecular weight excluding hydrogens is 284 g/mol. The Kier molecular flexibility index (Phi) is 4.52. The number of hydrogen-bond acceptors (Lipinski definition) is 4. The van der Waals surface area contributed by atoms with E-state index in [0.717, 1.165) is 42.1 Å². The van der Waals surface area contributed by atoms with E-state index in [-0.39, 0.29) is 12.2 Å². The molecule has 1 saturated heterocycles. The zero-order valence-corrected chi connectivity index (χ0v) is 12.5. The zero-order chi connectivity index (χ0) is 14.5. The van der Waals surface area contributed by atoms with Crippen molar-refractivity contribution in [2.45, 2.75) is 18.9 Å². The molecule has 1 aliphatic rings. The average Bonchev–Trinajstić information content (AvgIpc) is 2.97. The second-order valence-electron chi connectivity index (χ2n) is 5.01. The average molecular weight is 302 g/mol. The van der Waals surface area contributed by atoms with Crippen molar-refractivity contribution in [1.29, 1.82) is 0 Å². The number of piperidine rings is 1. The summed E-state index contributed by atoms with van der Waals surface area (Å²) in [5, 5.41) is 8.94. The number of amides is 1. The van der Waals surface area contributed by atoms with Crippen LogP contribution >= 0.6 is 11.3 Å². The van der Waals surface area contributed by atoms with Crippen LogP contribution in [-0.4, -0.2) is 25.3 Å². The fourth-order valence-electron chi connectivity index (χ4n) is 2.44. The van der Waals surface area contributed by atoms with Gasteiger partial charge in [0.05, 0.1) is 0 Å². The van der Waals surface area contributed by atoms with E-state index in [2.05, 4.69) is 10.6 Å². The summed E-state index contributed by atoms with van der Waals surface area (Å²) in [4.78, 5) is 12.0. The zero-order valence-electron chi connectivity index (χ0n) is 11.7. The molecule has 21 heavy (non-hydrogen) atoms. The van der Waals surface area contributed by atoms with Gasteiger partial charge in [0.1, 0.15) is 11.1 Å². The number of carbonyl (C=O) groups excluding carboxylic acids is 1. The third kappa shape index (κ3) is 3.62. The van der Waals surface area contributed by atoms with E-state index >= 15 is 0 Å². The van der Waals surface area contributed by atoms with Gasteiger partial charge in [0.25, 0.3) is 0 Å². The van der Waals surface area contributed by atoms with Crippen LogP contribution in [0.3, 0.4) is 0 Å². The molecule has 5 heteroatoms. The second kappa shape index (κ2) is 6.74. The maximum Gasteiger partial charge on any atom is 0.412 e. The van der Waals surface area contributed by atoms with E-state index in [4.69, 9.17) is 4.74 Å². The van der Waals surface area contributed by atoms with Crippen molar-refractivity contribution in [3.8, 4) is 11.1 Å². The van der Waals surface area contributed by atoms with Gasteiger partial charge >= 0.3 is 6.09 Å². The summed E-state index contributed by atoms with van der Waals surface area (Å²) >= 11 is 1.51. The maximum atomic E-state index is 12.0. The predicted molar refractivity (Wildman–Crippen MR) is 85.8 cm³/mol. The number of rotatable bonds is 3. The molecule has 0 aliphatic carbocycles. The normalized spacial score (nSPS) is 15.6. The van der Waals surface area contributed by atoms with E-state index in [1.807, 2.05) is 41.8 Å². The standard InChI is InChI=1S/C16H18N2O2S/c19-16(20-13-6-9-17-10-7-13)18-15-14(8-11-21-15)12-4-2-1-3-5-12/h1-5,8,11,13,17H,6-7,9-10H2,(H,18,19). The fraction of sp³-hybridized carbons (Fsp3) is 0.312. The Hall–Kier alpha value is -1.85. The summed E-state index contributed by atoms with van der Waals surface area (Å²) in [6.07, 6.45) is 1.42. The van der Waals surface area contributed by atoms with Crippen LogP contribution in [0.25, 0.3) is 11.1 Å². The number of anilines is 1. The van der Waals surface area contributed by atoms with Crippen molar-refractivity contribution < 1.29 is 9.53 Å². The molecule has 1 aliphatic heterocycles. The molecular formula is C16H18N2O2S. The van der Waals surface area contributed by atoms with Crippen molar-refractivity contribution in [3.63, 3.8) is 0 Å². The quantitative estimate of drug-likeness (QED) is 0.908. The monoisotopic (exact) mass is 302 g/mol. The Morgan fingerprint density at radius 1 is 1.19 bits per heavy atom. The van der Waals surface area contributed by atoms with Crippen LogP contribution < -0.4 is 10.6 Å². The summed E-state index contributed by atoms with van der Waals surface area (Å²) in [6, 6.07) is 12.0. The molecule has 110 valence electrons. The Labute approximate surface area is 128 Å². The second-order valence-corrected chi connectivity index (χ2v) is 5.93. The molecule has 0 bridgehead atoms. The van der Waals surface area contributed by atoms with Gasteiger partial charge < -0.3 is 10.1 Å². The van der Waals surface area contributed by atoms with Crippen LogP contribution in [0, 0.1) is 0 Å². The van der Waals surface area contributed by atoms with Gasteiger partial charge in [0.15, 0.2) is 0 Å². The SMILES string of the molecule is O=C(Nc1sccc1-c1ccccc1)OC1CCNCC1. The molecule has 0 atom stereocenters. The summed E-state index contributed by atoms with van der Waals surface area (Å²) in [5.74, 6) is 0. The topological polar surface area (TPSA) is 50.4 Å². The van der Waals surface area contributed by atoms with Gasteiger partial charge in [-0.15, -0.1) is 11.3 Å². The Morgan fingerprint density at radius 3 is 2.71 bits per heavy atom. The summed E-state index contributed by atoms with van der Waals surface area (Å²) in [7, 11) is 0. The summed E-state index contributed by atoms with van der Waals surface area (Å²) < 4.78 is 5.47. The molecule has 1 aromatic heterocycles. The van der Waals surface area contributed by atoms with Gasteiger partial charge in [0.2, 0.25) is 0 Å². The van der Waals surface area contributed by atoms with E-state index in [1.54, 1.807) is 0 Å². The number of thiophene rings is 1. The van der Waals surface area contributed by atoms with E-state index in [9.17, 15) is 4.79 Å². The molecule has 0 saturated carbocycles. The van der Waals surface area contributed by atoms with E-state index < -0.39 is 0 Å². The van der Waals surface area contributed by atoms with Crippen LogP contribution in [0.15, 0.2) is 41.8 Å². The van der Waals surface area contributed by atoms with Gasteiger partial charge in [-0.05, 0) is 42.9 Å². The highest BCUT2D eigenvalue weighted by atomic mass is 32.1. The molecule has 1 fully saturated rings. The lowest BCUT2D eigenvalue weighted by atomic mass is 10.1. The maximum absolute atomic E-state index is 12.0. The van der Waals surface area contributed by atoms with Crippen LogP contribution in [-0.2, 0) is 4.74 Å². The molecule has 0 unspecified atom stereocenters. The first-order chi connectivity index (χ1) is 10.3. The lowest BCUT2D eigenvalue weighted by molar-refractivity contribution is 0.0909. The minimum Gasteiger partial charge on any atom is -0.446 e. The third-order valence-corrected chi connectivity index (χ3v) is 4.36. The van der Waals surface area contributed by atoms with Gasteiger partial charge in [0, 0.05) is 5.56 Å². The number of hydrogen-bond donors (Lipinski definition) is 2. The Morgan fingerprint density at radius 2 is 1.95 bits per heavy atom. The van der Waals surface area contributed by atoms with Crippen LogP contribution in [0.2, 0.25) is 0 Å². The number of carbonyl (C=O) groups is 1. The number of benzene rings is 1. The number of nitrogens with one attached hydrogen (secondary N) is 2. The fourth-order valence-corrected chi connectivity index (χ4v) is 3.23. The van der Waals surface area contributed by atoms with Gasteiger partial charge in [-0.2, -0.15) is 0 Å². The highest BCUT2D eigenvalue weighted by Gasteiger charge is 2.18. The van der Waals surface area contributed by atoms with Crippen molar-refractivity contribution in [3.05, 3.63) is 41.8 Å². The van der Waals surface area contributed by atoms with Crippen molar-refractivity contribution in [2.75, 3.05) is 18.4 Å². The first kappa shape index (κ1) is 14.1. The highest BCUT2D eigenvalue weighted by molar-refractivity contribution is 7.15. The molecule has 2 N–H and O–H groups in total. The molecule has 0 spiro atoms. The minimum atomic E-state index is -0.360. The molecule has 2 aromatic rings. The first-order valence-electron chi connectivity index (χ1n) is 7.14. The van der Waals surface area contributed by atoms with Crippen molar-refractivity contribution >= 4 is 22.4 Å². The third-order valence-electron chi connectivity index (χ3n) is 3.53. The highest BCUT2D eigenvalue weighted by Crippen LogP contribution is 2.33. The van der Waals surface area contributed by atoms with Gasteiger partial charge in [-0.3, -0.25) is 5.32 Å². The smallest absolute Gasteiger partial charge is 0.412 e. The lowest BCUT2D eigenvalue weighted by Gasteiger charge is -2.22. The molecule has 2 heterocycles. The molecule has 4 nitrogen and oxygen atoms in total. The summed E-state index contributed by atoms with van der Waals surface area (Å²) in [5.41, 5.74) is 2.12. The van der Waals surface area contributed by atoms with E-state index in [0.29, 0.717) is 0 Å². The first-order valence-corrected chi connectivity index (χ1v) is 8.02. The van der Waals surface area contributed by atoms with Crippen molar-refractivity contribution in [2.24, 2.45) is 0 Å². The number of ether oxygens (including phenoxy) is 1. The summed E-state index contributed by atoms with van der Waals surface area (Å²) in [6.45, 7) is 1.82. The van der Waals surface area contributed by atoms with Crippen LogP contribution in [0.4, 0.5) is 9.80 Å². The Bertz CT molecular complexity index is 591. The predicted octanol–water partition coefficient (Wildman–Crippen LogP) is 3.72.